The monoisotopic (exact) mass is 547 g/mol. The Kier molecular flexibility index (Phi) is 10.8. The van der Waals surface area contributed by atoms with Gasteiger partial charge >= 0.3 is 5.97 Å². The summed E-state index contributed by atoms with van der Waals surface area (Å²) >= 11 is 0. The van der Waals surface area contributed by atoms with Gasteiger partial charge in [0.05, 0.1) is 6.29 Å². The number of phenolic OH excluding ortho intramolecular Hbond substituents is 1. The summed E-state index contributed by atoms with van der Waals surface area (Å²) in [5.41, 5.74) is 2.95. The van der Waals surface area contributed by atoms with Gasteiger partial charge in [-0.1, -0.05) is 106 Å². The summed E-state index contributed by atoms with van der Waals surface area (Å²) in [4.78, 5) is 22.1. The van der Waals surface area contributed by atoms with Crippen molar-refractivity contribution in [1.82, 2.24) is 0 Å². The summed E-state index contributed by atoms with van der Waals surface area (Å²) in [6, 6.07) is 7.17. The van der Waals surface area contributed by atoms with E-state index in [4.69, 9.17) is 0 Å². The van der Waals surface area contributed by atoms with E-state index in [9.17, 15) is 24.9 Å². The molecule has 0 radical (unpaired) electrons. The molecule has 0 aliphatic rings. The summed E-state index contributed by atoms with van der Waals surface area (Å²) in [5.74, 6) is -1.16. The number of benzene rings is 2. The molecule has 0 spiro atoms. The van der Waals surface area contributed by atoms with Gasteiger partial charge in [-0.15, -0.1) is 5.56 Å². The first-order chi connectivity index (χ1) is 15.5. The van der Waals surface area contributed by atoms with Crippen molar-refractivity contribution in [3.63, 3.8) is 0 Å². The molecule has 2 aromatic rings. The van der Waals surface area contributed by atoms with E-state index in [1.807, 2.05) is 80.7 Å². The molecule has 0 saturated carbocycles. The maximum atomic E-state index is 11.2. The van der Waals surface area contributed by atoms with E-state index >= 15 is 0 Å². The first kappa shape index (κ1) is 33.8. The van der Waals surface area contributed by atoms with Crippen LogP contribution in [0.3, 0.4) is 0 Å². The van der Waals surface area contributed by atoms with Gasteiger partial charge in [-0.25, -0.2) is 4.79 Å². The Labute approximate surface area is 230 Å². The first-order valence-electron chi connectivity index (χ1n) is 11.9. The third-order valence-electron chi connectivity index (χ3n) is 5.91. The number of carboxylic acid groups (broad SMARTS) is 1. The molecule has 0 amide bonds. The molecule has 36 heavy (non-hydrogen) atoms. The second-order valence-corrected chi connectivity index (χ2v) is 13.2. The Morgan fingerprint density at radius 3 is 1.31 bits per heavy atom. The van der Waals surface area contributed by atoms with Gasteiger partial charge in [0.15, 0.2) is 0 Å². The van der Waals surface area contributed by atoms with Crippen LogP contribution in [0.15, 0.2) is 24.3 Å². The van der Waals surface area contributed by atoms with Crippen molar-refractivity contribution < 1.29 is 44.4 Å². The van der Waals surface area contributed by atoms with Gasteiger partial charge in [0.1, 0.15) is 11.3 Å². The third kappa shape index (κ3) is 8.44. The molecule has 5 nitrogen and oxygen atoms in total. The van der Waals surface area contributed by atoms with E-state index < -0.39 is 5.97 Å². The Bertz CT molecular complexity index is 1090. The zero-order valence-corrected chi connectivity index (χ0v) is 27.1. The van der Waals surface area contributed by atoms with Crippen LogP contribution in [0, 0.1) is 0 Å². The minimum absolute atomic E-state index is 0. The quantitative estimate of drug-likeness (QED) is 0.274. The summed E-state index contributed by atoms with van der Waals surface area (Å²) in [6.45, 7) is 24.3. The Morgan fingerprint density at radius 1 is 0.639 bits per heavy atom. The van der Waals surface area contributed by atoms with Crippen molar-refractivity contribution in [3.8, 4) is 11.5 Å². The van der Waals surface area contributed by atoms with Crippen molar-refractivity contribution >= 4 is 12.3 Å². The van der Waals surface area contributed by atoms with E-state index in [0.717, 1.165) is 16.7 Å². The largest absolute Gasteiger partial charge is 0.565 e. The molecule has 0 atom stereocenters. The van der Waals surface area contributed by atoms with Crippen molar-refractivity contribution in [1.29, 1.82) is 0 Å². The van der Waals surface area contributed by atoms with Gasteiger partial charge in [-0.05, 0) is 33.3 Å². The summed E-state index contributed by atoms with van der Waals surface area (Å²) in [5, 5.41) is 29.3. The van der Waals surface area contributed by atoms with Gasteiger partial charge in [-0.3, -0.25) is 0 Å². The SMILES string of the molecule is CC(C)(C)c1cc(C(=O)O)c(O)c(C(C)(C)C)c1.CC(C)(C)c1cc([C-]=O)c(O)c(C(C)(C)C)c1.[Zn]. The average Bonchev–Trinajstić information content (AvgIpc) is 2.64. The van der Waals surface area contributed by atoms with Gasteiger partial charge in [-0.2, -0.15) is 6.07 Å². The predicted molar refractivity (Wildman–Crippen MR) is 143 cm³/mol. The van der Waals surface area contributed by atoms with Crippen molar-refractivity contribution in [2.45, 2.75) is 105 Å². The van der Waals surface area contributed by atoms with Crippen LogP contribution in [-0.2, 0) is 45.9 Å². The Morgan fingerprint density at radius 2 is 1.00 bits per heavy atom. The second kappa shape index (κ2) is 11.5. The maximum Gasteiger partial charge on any atom is 0.339 e. The number of aromatic carboxylic acids is 1. The van der Waals surface area contributed by atoms with E-state index in [2.05, 4.69) is 20.8 Å². The maximum absolute atomic E-state index is 11.2. The van der Waals surface area contributed by atoms with Crippen LogP contribution in [0.1, 0.15) is 121 Å². The van der Waals surface area contributed by atoms with Crippen molar-refractivity contribution in [2.24, 2.45) is 0 Å². The number of hydrogen-bond acceptors (Lipinski definition) is 4. The molecule has 2 aromatic carbocycles. The van der Waals surface area contributed by atoms with Crippen LogP contribution in [-0.4, -0.2) is 27.6 Å². The summed E-state index contributed by atoms with van der Waals surface area (Å²) < 4.78 is 0. The molecule has 196 valence electrons. The van der Waals surface area contributed by atoms with Crippen molar-refractivity contribution in [3.05, 3.63) is 57.6 Å². The molecule has 0 bridgehead atoms. The molecule has 0 aliphatic carbocycles. The van der Waals surface area contributed by atoms with Crippen LogP contribution >= 0.6 is 0 Å². The predicted octanol–water partition coefficient (Wildman–Crippen LogP) is 7.13. The second-order valence-electron chi connectivity index (χ2n) is 13.2. The van der Waals surface area contributed by atoms with Crippen LogP contribution in [0.4, 0.5) is 0 Å². The molecular weight excluding hydrogens is 506 g/mol. The minimum Gasteiger partial charge on any atom is -0.565 e. The molecule has 2 rings (SSSR count). The molecule has 0 heterocycles. The average molecular weight is 549 g/mol. The van der Waals surface area contributed by atoms with Crippen LogP contribution in [0.5, 0.6) is 11.5 Å². The van der Waals surface area contributed by atoms with Gasteiger partial charge in [0, 0.05) is 30.8 Å². The van der Waals surface area contributed by atoms with Crippen LogP contribution in [0.2, 0.25) is 0 Å². The fraction of sp³-hybridized carbons (Fsp3) is 0.533. The molecule has 0 saturated heterocycles. The standard InChI is InChI=1S/C15H22O3.C15H21O2.Zn/c1-14(2,3)9-7-10(13(17)18)12(16)11(8-9)15(4,5)6;1-14(2,3)11-7-10(9-16)13(17)12(8-11)15(4,5)6;/h7-8,16H,1-6H3,(H,17,18);7-8,17H,1-6H3;/q;-1;. The number of rotatable bonds is 2. The Hall–Kier alpha value is -2.20. The van der Waals surface area contributed by atoms with E-state index in [1.165, 1.54) is 0 Å². The summed E-state index contributed by atoms with van der Waals surface area (Å²) in [7, 11) is 0. The molecule has 0 aliphatic heterocycles. The van der Waals surface area contributed by atoms with Crippen molar-refractivity contribution in [2.75, 3.05) is 0 Å². The molecule has 0 unspecified atom stereocenters. The zero-order chi connectivity index (χ0) is 27.7. The number of carboxylic acids is 1. The Balaban J connectivity index is 0.000000663. The number of aromatic hydroxyl groups is 2. The van der Waals surface area contributed by atoms with E-state index in [1.54, 1.807) is 12.1 Å². The van der Waals surface area contributed by atoms with E-state index in [-0.39, 0.29) is 63.8 Å². The van der Waals surface area contributed by atoms with Gasteiger partial charge in [0.25, 0.3) is 0 Å². The first-order valence-corrected chi connectivity index (χ1v) is 11.9. The molecule has 0 fully saturated rings. The number of hydrogen-bond donors (Lipinski definition) is 3. The zero-order valence-electron chi connectivity index (χ0n) is 24.2. The van der Waals surface area contributed by atoms with Gasteiger partial charge < -0.3 is 20.1 Å². The summed E-state index contributed by atoms with van der Waals surface area (Å²) in [6.07, 6.45) is 1.82. The fourth-order valence-electron chi connectivity index (χ4n) is 3.52. The fourth-order valence-corrected chi connectivity index (χ4v) is 3.52. The molecule has 6 heteroatoms. The van der Waals surface area contributed by atoms with E-state index in [0.29, 0.717) is 5.56 Å². The number of carbonyl (C=O) groups is 1. The topological polar surface area (TPSA) is 94.8 Å². The van der Waals surface area contributed by atoms with Crippen LogP contribution in [0.25, 0.3) is 0 Å². The van der Waals surface area contributed by atoms with Gasteiger partial charge in [0.2, 0.25) is 0 Å². The number of phenols is 2. The molecule has 3 N–H and O–H groups in total. The minimum atomic E-state index is -1.09. The molecular formula is C30H43O5Zn-. The molecule has 0 aromatic heterocycles. The smallest absolute Gasteiger partial charge is 0.339 e. The van der Waals surface area contributed by atoms with Crippen LogP contribution < -0.4 is 0 Å². The number of carbonyl (C=O) groups excluding carboxylic acids is 1. The third-order valence-corrected chi connectivity index (χ3v) is 5.91. The normalized spacial score (nSPS) is 12.2.